The van der Waals surface area contributed by atoms with Crippen LogP contribution in [0.3, 0.4) is 0 Å². The van der Waals surface area contributed by atoms with Gasteiger partial charge in [-0.1, -0.05) is 12.1 Å². The molecule has 14 heavy (non-hydrogen) atoms. The minimum atomic E-state index is -0.128. The van der Waals surface area contributed by atoms with E-state index in [9.17, 15) is 4.79 Å². The lowest BCUT2D eigenvalue weighted by molar-refractivity contribution is -0.123. The van der Waals surface area contributed by atoms with Gasteiger partial charge in [-0.15, -0.1) is 0 Å². The minimum absolute atomic E-state index is 0.0572. The van der Waals surface area contributed by atoms with Crippen LogP contribution in [-0.2, 0) is 4.79 Å². The van der Waals surface area contributed by atoms with Crippen LogP contribution in [-0.4, -0.2) is 17.6 Å². The number of carbonyl (C=O) groups excluding carboxylic acids is 1. The first-order chi connectivity index (χ1) is 6.75. The largest absolute Gasteiger partial charge is 0.508 e. The van der Waals surface area contributed by atoms with E-state index >= 15 is 0 Å². The molecular formula is C10H12N2O2. The lowest BCUT2D eigenvalue weighted by Crippen LogP contribution is -2.44. The van der Waals surface area contributed by atoms with E-state index < -0.39 is 0 Å². The van der Waals surface area contributed by atoms with Gasteiger partial charge in [0.05, 0.1) is 0 Å². The maximum atomic E-state index is 11.1. The first-order valence-electron chi connectivity index (χ1n) is 4.57. The van der Waals surface area contributed by atoms with Crippen molar-refractivity contribution in [1.29, 1.82) is 0 Å². The van der Waals surface area contributed by atoms with Crippen molar-refractivity contribution >= 4 is 5.91 Å². The Balaban J connectivity index is 2.14. The summed E-state index contributed by atoms with van der Waals surface area (Å²) in [6, 6.07) is 6.80. The van der Waals surface area contributed by atoms with Gasteiger partial charge in [0.1, 0.15) is 11.9 Å². The SMILES string of the molecule is O=C1CCN[C@@H](c2ccc(O)cc2)N1. The lowest BCUT2D eigenvalue weighted by Gasteiger charge is -2.25. The molecule has 1 fully saturated rings. The van der Waals surface area contributed by atoms with Crippen molar-refractivity contribution in [2.24, 2.45) is 0 Å². The van der Waals surface area contributed by atoms with Gasteiger partial charge in [0.2, 0.25) is 5.91 Å². The van der Waals surface area contributed by atoms with Crippen LogP contribution in [0.5, 0.6) is 5.75 Å². The van der Waals surface area contributed by atoms with Gasteiger partial charge in [0.25, 0.3) is 0 Å². The highest BCUT2D eigenvalue weighted by Crippen LogP contribution is 2.16. The molecule has 0 bridgehead atoms. The van der Waals surface area contributed by atoms with Gasteiger partial charge in [0, 0.05) is 13.0 Å². The maximum Gasteiger partial charge on any atom is 0.222 e. The monoisotopic (exact) mass is 192 g/mol. The summed E-state index contributed by atoms with van der Waals surface area (Å²) in [5, 5.41) is 15.1. The van der Waals surface area contributed by atoms with E-state index in [-0.39, 0.29) is 17.8 Å². The number of amides is 1. The van der Waals surface area contributed by atoms with Crippen molar-refractivity contribution in [3.63, 3.8) is 0 Å². The molecule has 0 aliphatic carbocycles. The van der Waals surface area contributed by atoms with Crippen molar-refractivity contribution in [2.45, 2.75) is 12.6 Å². The first-order valence-corrected chi connectivity index (χ1v) is 4.57. The number of carbonyl (C=O) groups is 1. The average Bonchev–Trinajstić information content (AvgIpc) is 2.19. The zero-order chi connectivity index (χ0) is 9.97. The van der Waals surface area contributed by atoms with Crippen LogP contribution in [0.1, 0.15) is 18.2 Å². The second-order valence-corrected chi connectivity index (χ2v) is 3.30. The van der Waals surface area contributed by atoms with Gasteiger partial charge in [-0.3, -0.25) is 10.1 Å². The van der Waals surface area contributed by atoms with Gasteiger partial charge in [-0.2, -0.15) is 0 Å². The van der Waals surface area contributed by atoms with E-state index in [2.05, 4.69) is 10.6 Å². The minimum Gasteiger partial charge on any atom is -0.508 e. The fourth-order valence-corrected chi connectivity index (χ4v) is 1.48. The summed E-state index contributed by atoms with van der Waals surface area (Å²) >= 11 is 0. The number of hydrogen-bond donors (Lipinski definition) is 3. The zero-order valence-electron chi connectivity index (χ0n) is 7.66. The van der Waals surface area contributed by atoms with Gasteiger partial charge >= 0.3 is 0 Å². The van der Waals surface area contributed by atoms with Crippen LogP contribution in [0, 0.1) is 0 Å². The van der Waals surface area contributed by atoms with Gasteiger partial charge < -0.3 is 10.4 Å². The normalized spacial score (nSPS) is 21.7. The Hall–Kier alpha value is -1.55. The standard InChI is InChI=1S/C10H12N2O2/c13-8-3-1-7(2-4-8)10-11-6-5-9(14)12-10/h1-4,10-11,13H,5-6H2,(H,12,14)/t10-/m1/s1. The molecule has 0 saturated carbocycles. The number of rotatable bonds is 1. The number of nitrogens with one attached hydrogen (secondary N) is 2. The van der Waals surface area contributed by atoms with E-state index in [1.165, 1.54) is 0 Å². The molecule has 1 aromatic carbocycles. The molecule has 74 valence electrons. The molecule has 1 aliphatic heterocycles. The van der Waals surface area contributed by atoms with Crippen molar-refractivity contribution in [3.05, 3.63) is 29.8 Å². The van der Waals surface area contributed by atoms with Crippen LogP contribution < -0.4 is 10.6 Å². The Morgan fingerprint density at radius 1 is 1.29 bits per heavy atom. The van der Waals surface area contributed by atoms with E-state index in [0.29, 0.717) is 13.0 Å². The van der Waals surface area contributed by atoms with E-state index in [1.54, 1.807) is 24.3 Å². The molecule has 2 rings (SSSR count). The molecule has 0 unspecified atom stereocenters. The quantitative estimate of drug-likeness (QED) is 0.607. The van der Waals surface area contributed by atoms with Gasteiger partial charge in [-0.05, 0) is 17.7 Å². The summed E-state index contributed by atoms with van der Waals surface area (Å²) in [6.07, 6.45) is 0.394. The number of phenols is 1. The molecule has 0 aromatic heterocycles. The van der Waals surface area contributed by atoms with Crippen molar-refractivity contribution in [3.8, 4) is 5.75 Å². The average molecular weight is 192 g/mol. The third kappa shape index (κ3) is 1.85. The Bertz CT molecular complexity index is 334. The summed E-state index contributed by atoms with van der Waals surface area (Å²) in [7, 11) is 0. The predicted octanol–water partition coefficient (Wildman–Crippen LogP) is 0.500. The summed E-state index contributed by atoms with van der Waals surface area (Å²) in [5.74, 6) is 0.290. The maximum absolute atomic E-state index is 11.1. The van der Waals surface area contributed by atoms with E-state index in [0.717, 1.165) is 5.56 Å². The van der Waals surface area contributed by atoms with Crippen LogP contribution in [0.15, 0.2) is 24.3 Å². The number of hydrogen-bond acceptors (Lipinski definition) is 3. The van der Waals surface area contributed by atoms with Crippen molar-refractivity contribution in [2.75, 3.05) is 6.54 Å². The van der Waals surface area contributed by atoms with Crippen molar-refractivity contribution < 1.29 is 9.90 Å². The first kappa shape index (κ1) is 9.02. The highest BCUT2D eigenvalue weighted by Gasteiger charge is 2.18. The molecule has 1 heterocycles. The Kier molecular flexibility index (Phi) is 2.37. The number of phenolic OH excluding ortho intramolecular Hbond substituents is 1. The molecule has 1 atom stereocenters. The van der Waals surface area contributed by atoms with Crippen molar-refractivity contribution in [1.82, 2.24) is 10.6 Å². The molecule has 1 aliphatic rings. The molecule has 1 amide bonds. The Labute approximate surface area is 81.9 Å². The molecule has 3 N–H and O–H groups in total. The number of benzene rings is 1. The van der Waals surface area contributed by atoms with E-state index in [1.807, 2.05) is 0 Å². The second kappa shape index (κ2) is 3.67. The molecule has 1 aromatic rings. The lowest BCUT2D eigenvalue weighted by atomic mass is 10.1. The molecule has 4 heteroatoms. The number of aromatic hydroxyl groups is 1. The molecule has 1 saturated heterocycles. The summed E-state index contributed by atoms with van der Waals surface area (Å²) in [6.45, 7) is 0.692. The fraction of sp³-hybridized carbons (Fsp3) is 0.300. The Morgan fingerprint density at radius 3 is 2.64 bits per heavy atom. The highest BCUT2D eigenvalue weighted by atomic mass is 16.3. The third-order valence-electron chi connectivity index (χ3n) is 2.23. The molecular weight excluding hydrogens is 180 g/mol. The molecule has 0 spiro atoms. The van der Waals surface area contributed by atoms with Gasteiger partial charge in [0.15, 0.2) is 0 Å². The van der Waals surface area contributed by atoms with Crippen LogP contribution in [0.2, 0.25) is 0 Å². The molecule has 0 radical (unpaired) electrons. The summed E-state index contributed by atoms with van der Waals surface area (Å²) < 4.78 is 0. The van der Waals surface area contributed by atoms with Crippen LogP contribution >= 0.6 is 0 Å². The second-order valence-electron chi connectivity index (χ2n) is 3.30. The summed E-state index contributed by atoms with van der Waals surface area (Å²) in [4.78, 5) is 11.1. The van der Waals surface area contributed by atoms with Crippen LogP contribution in [0.4, 0.5) is 0 Å². The fourth-order valence-electron chi connectivity index (χ4n) is 1.48. The molecule has 4 nitrogen and oxygen atoms in total. The van der Waals surface area contributed by atoms with E-state index in [4.69, 9.17) is 5.11 Å². The zero-order valence-corrected chi connectivity index (χ0v) is 7.66. The third-order valence-corrected chi connectivity index (χ3v) is 2.23. The topological polar surface area (TPSA) is 61.4 Å². The smallest absolute Gasteiger partial charge is 0.222 e. The van der Waals surface area contributed by atoms with Crippen LogP contribution in [0.25, 0.3) is 0 Å². The summed E-state index contributed by atoms with van der Waals surface area (Å²) in [5.41, 5.74) is 0.954. The van der Waals surface area contributed by atoms with Gasteiger partial charge in [-0.25, -0.2) is 0 Å². The Morgan fingerprint density at radius 2 is 2.00 bits per heavy atom. The predicted molar refractivity (Wildman–Crippen MR) is 51.6 cm³/mol. The highest BCUT2D eigenvalue weighted by molar-refractivity contribution is 5.77.